The molecule has 1 aromatic heterocycles. The molecule has 140 valence electrons. The summed E-state index contributed by atoms with van der Waals surface area (Å²) in [6.07, 6.45) is 3.99. The van der Waals surface area contributed by atoms with E-state index < -0.39 is 0 Å². The van der Waals surface area contributed by atoms with Gasteiger partial charge in [-0.05, 0) is 48.9 Å². The summed E-state index contributed by atoms with van der Waals surface area (Å²) in [4.78, 5) is 12.4. The molecule has 0 atom stereocenters. The van der Waals surface area contributed by atoms with E-state index in [1.165, 1.54) is 12.1 Å². The van der Waals surface area contributed by atoms with Crippen molar-refractivity contribution in [1.29, 1.82) is 0 Å². The first kappa shape index (κ1) is 19.4. The van der Waals surface area contributed by atoms with E-state index in [4.69, 9.17) is 11.6 Å². The molecule has 0 saturated carbocycles. The molecule has 2 aromatic carbocycles. The largest absolute Gasteiger partial charge is 1.00 e. The van der Waals surface area contributed by atoms with Gasteiger partial charge in [0.05, 0.1) is 13.0 Å². The van der Waals surface area contributed by atoms with Crippen LogP contribution in [0.15, 0.2) is 54.7 Å². The topological polar surface area (TPSA) is 37.9 Å². The summed E-state index contributed by atoms with van der Waals surface area (Å²) in [6.45, 7) is 1.13. The van der Waals surface area contributed by atoms with Gasteiger partial charge >= 0.3 is 0 Å². The summed E-state index contributed by atoms with van der Waals surface area (Å²) in [7, 11) is 0. The number of carbonyl (C=O) groups excluding carboxylic acids is 1. The van der Waals surface area contributed by atoms with E-state index in [-0.39, 0.29) is 30.7 Å². The average Bonchev–Trinajstić information content (AvgIpc) is 3.20. The molecule has 3 aromatic rings. The number of rotatable bonds is 4. The molecule has 7 heteroatoms. The monoisotopic (exact) mass is 405 g/mol. The van der Waals surface area contributed by atoms with Gasteiger partial charge in [-0.15, -0.1) is 0 Å². The van der Waals surface area contributed by atoms with Gasteiger partial charge in [0.15, 0.2) is 12.2 Å². The highest BCUT2D eigenvalue weighted by Gasteiger charge is 2.29. The second-order valence-electron chi connectivity index (χ2n) is 6.38. The molecule has 0 bridgehead atoms. The van der Waals surface area contributed by atoms with E-state index >= 15 is 0 Å². The SMILES string of the molecule is O=C(C[n+]1cc(-c2ccc(Cl)cc2)n2c1CCC2)Nc1cccc(F)c1.[Cl-]. The van der Waals surface area contributed by atoms with Crippen LogP contribution in [0.4, 0.5) is 10.1 Å². The molecular weight excluding hydrogens is 388 g/mol. The zero-order valence-electron chi connectivity index (χ0n) is 14.5. The average molecular weight is 406 g/mol. The summed E-state index contributed by atoms with van der Waals surface area (Å²) in [5.74, 6) is 0.582. The van der Waals surface area contributed by atoms with Crippen LogP contribution in [0.5, 0.6) is 0 Å². The van der Waals surface area contributed by atoms with Gasteiger partial charge in [-0.3, -0.25) is 4.79 Å². The molecule has 0 aliphatic carbocycles. The summed E-state index contributed by atoms with van der Waals surface area (Å²) < 4.78 is 17.5. The number of hydrogen-bond acceptors (Lipinski definition) is 1. The van der Waals surface area contributed by atoms with Crippen LogP contribution in [-0.4, -0.2) is 10.5 Å². The summed E-state index contributed by atoms with van der Waals surface area (Å²) in [6, 6.07) is 13.6. The molecule has 0 radical (unpaired) electrons. The van der Waals surface area contributed by atoms with Crippen LogP contribution in [0.2, 0.25) is 5.02 Å². The Kier molecular flexibility index (Phi) is 5.82. The predicted octanol–water partition coefficient (Wildman–Crippen LogP) is 0.824. The number of carbonyl (C=O) groups is 1. The van der Waals surface area contributed by atoms with Crippen LogP contribution in [0, 0.1) is 5.82 Å². The third-order valence-electron chi connectivity index (χ3n) is 4.56. The number of aromatic nitrogens is 2. The maximum atomic E-state index is 13.3. The van der Waals surface area contributed by atoms with Crippen molar-refractivity contribution in [1.82, 2.24) is 4.57 Å². The van der Waals surface area contributed by atoms with Gasteiger partial charge < -0.3 is 17.7 Å². The number of amides is 1. The lowest BCUT2D eigenvalue weighted by molar-refractivity contribution is -0.690. The Morgan fingerprint density at radius 3 is 2.74 bits per heavy atom. The molecule has 0 unspecified atom stereocenters. The van der Waals surface area contributed by atoms with E-state index in [1.54, 1.807) is 12.1 Å². The Labute approximate surface area is 168 Å². The smallest absolute Gasteiger partial charge is 0.266 e. The van der Waals surface area contributed by atoms with Gasteiger partial charge in [-0.1, -0.05) is 17.7 Å². The second-order valence-corrected chi connectivity index (χ2v) is 6.82. The van der Waals surface area contributed by atoms with E-state index in [2.05, 4.69) is 9.88 Å². The Morgan fingerprint density at radius 1 is 1.22 bits per heavy atom. The number of halogens is 3. The first-order valence-electron chi connectivity index (χ1n) is 8.53. The van der Waals surface area contributed by atoms with Crippen LogP contribution >= 0.6 is 11.6 Å². The molecular formula is C20H18Cl2FN3O. The minimum absolute atomic E-state index is 0. The van der Waals surface area contributed by atoms with Crippen LogP contribution in [0.25, 0.3) is 11.3 Å². The van der Waals surface area contributed by atoms with E-state index in [9.17, 15) is 9.18 Å². The van der Waals surface area contributed by atoms with E-state index in [0.29, 0.717) is 10.7 Å². The van der Waals surface area contributed by atoms with E-state index in [0.717, 1.165) is 36.5 Å². The van der Waals surface area contributed by atoms with Gasteiger partial charge in [0.25, 0.3) is 11.7 Å². The number of imidazole rings is 1. The Bertz CT molecular complexity index is 970. The van der Waals surface area contributed by atoms with Gasteiger partial charge in [0.1, 0.15) is 12.0 Å². The van der Waals surface area contributed by atoms with Crippen LogP contribution in [0.3, 0.4) is 0 Å². The number of benzene rings is 2. The predicted molar refractivity (Wildman–Crippen MR) is 98.4 cm³/mol. The fourth-order valence-corrected chi connectivity index (χ4v) is 3.54. The second kappa shape index (κ2) is 8.11. The standard InChI is InChI=1S/C20H17ClFN3O.ClH/c21-15-8-6-14(7-9-15)18-12-24(20-5-2-10-25(18)20)13-19(26)23-17-4-1-3-16(22)11-17;/h1,3-4,6-9,11-12H,2,5,10,13H2;1H. The van der Waals surface area contributed by atoms with Crippen molar-refractivity contribution < 1.29 is 26.2 Å². The molecule has 0 spiro atoms. The lowest BCUT2D eigenvalue weighted by Crippen LogP contribution is -3.00. The van der Waals surface area contributed by atoms with Gasteiger partial charge in [0, 0.05) is 16.3 Å². The molecule has 27 heavy (non-hydrogen) atoms. The third kappa shape index (κ3) is 4.15. The van der Waals surface area contributed by atoms with E-state index in [1.807, 2.05) is 35.0 Å². The van der Waals surface area contributed by atoms with Gasteiger partial charge in [0.2, 0.25) is 0 Å². The fraction of sp³-hybridized carbons (Fsp3) is 0.200. The molecule has 1 amide bonds. The quantitative estimate of drug-likeness (QED) is 0.641. The van der Waals surface area contributed by atoms with Crippen molar-refractivity contribution >= 4 is 23.2 Å². The maximum Gasteiger partial charge on any atom is 0.266 e. The van der Waals surface area contributed by atoms with Crippen molar-refractivity contribution in [2.45, 2.75) is 25.9 Å². The lowest BCUT2D eigenvalue weighted by Gasteiger charge is -2.04. The summed E-state index contributed by atoms with van der Waals surface area (Å²) in [5.41, 5.74) is 2.61. The fourth-order valence-electron chi connectivity index (χ4n) is 3.42. The first-order chi connectivity index (χ1) is 12.6. The molecule has 0 fully saturated rings. The zero-order chi connectivity index (χ0) is 18.1. The van der Waals surface area contributed by atoms with Gasteiger partial charge in [-0.2, -0.15) is 0 Å². The third-order valence-corrected chi connectivity index (χ3v) is 4.81. The molecule has 0 saturated heterocycles. The highest BCUT2D eigenvalue weighted by Crippen LogP contribution is 2.26. The Morgan fingerprint density at radius 2 is 2.00 bits per heavy atom. The van der Waals surface area contributed by atoms with Crippen LogP contribution < -0.4 is 22.3 Å². The maximum absolute atomic E-state index is 13.3. The van der Waals surface area contributed by atoms with Crippen LogP contribution in [-0.2, 0) is 24.3 Å². The molecule has 1 N–H and O–H groups in total. The number of nitrogens with one attached hydrogen (secondary N) is 1. The highest BCUT2D eigenvalue weighted by molar-refractivity contribution is 6.30. The van der Waals surface area contributed by atoms with Crippen molar-refractivity contribution in [2.75, 3.05) is 5.32 Å². The lowest BCUT2D eigenvalue weighted by atomic mass is 10.2. The summed E-state index contributed by atoms with van der Waals surface area (Å²) in [5, 5.41) is 3.45. The Balaban J connectivity index is 0.00000210. The minimum Gasteiger partial charge on any atom is -1.00 e. The first-order valence-corrected chi connectivity index (χ1v) is 8.91. The highest BCUT2D eigenvalue weighted by atomic mass is 35.5. The number of nitrogens with zero attached hydrogens (tertiary/aromatic N) is 2. The molecule has 2 heterocycles. The zero-order valence-corrected chi connectivity index (χ0v) is 16.0. The molecule has 4 nitrogen and oxygen atoms in total. The number of fused-ring (bicyclic) bond motifs is 1. The molecule has 1 aliphatic rings. The number of anilines is 1. The molecule has 1 aliphatic heterocycles. The van der Waals surface area contributed by atoms with Crippen molar-refractivity contribution in [2.24, 2.45) is 0 Å². The van der Waals surface area contributed by atoms with Crippen LogP contribution in [0.1, 0.15) is 12.2 Å². The van der Waals surface area contributed by atoms with Crippen molar-refractivity contribution in [3.63, 3.8) is 0 Å². The van der Waals surface area contributed by atoms with Crippen molar-refractivity contribution in [3.05, 3.63) is 71.4 Å². The van der Waals surface area contributed by atoms with Crippen molar-refractivity contribution in [3.8, 4) is 11.3 Å². The Hall–Kier alpha value is -2.37. The normalized spacial score (nSPS) is 12.4. The molecule has 4 rings (SSSR count). The minimum atomic E-state index is -0.370. The number of hydrogen-bond donors (Lipinski definition) is 1. The van der Waals surface area contributed by atoms with Gasteiger partial charge in [-0.25, -0.2) is 13.5 Å². The summed E-state index contributed by atoms with van der Waals surface area (Å²) >= 11 is 5.99.